The summed E-state index contributed by atoms with van der Waals surface area (Å²) in [6, 6.07) is 3.40. The molecule has 23 heavy (non-hydrogen) atoms. The first-order valence-electron chi connectivity index (χ1n) is 6.66. The molecule has 128 valence electrons. The second kappa shape index (κ2) is 8.16. The molecule has 1 rings (SSSR count). The molecular formula is C14H20F3N5O. The molecule has 0 atom stereocenters. The van der Waals surface area contributed by atoms with E-state index in [9.17, 15) is 13.2 Å². The SMILES string of the molecule is CN=C(C)NN/C=C(\NCc1cc(N)cc(C(F)(F)F)c1)OC. The van der Waals surface area contributed by atoms with Gasteiger partial charge in [-0.1, -0.05) is 0 Å². The van der Waals surface area contributed by atoms with Gasteiger partial charge in [-0.05, 0) is 30.7 Å². The number of rotatable bonds is 6. The average Bonchev–Trinajstić information content (AvgIpc) is 2.49. The van der Waals surface area contributed by atoms with Crippen LogP contribution in [0.1, 0.15) is 18.1 Å². The molecular weight excluding hydrogens is 311 g/mol. The number of nitrogen functional groups attached to an aromatic ring is 1. The molecule has 0 amide bonds. The molecule has 5 N–H and O–H groups in total. The Morgan fingerprint density at radius 2 is 2.04 bits per heavy atom. The molecule has 0 saturated carbocycles. The molecule has 6 nitrogen and oxygen atoms in total. The van der Waals surface area contributed by atoms with Crippen LogP contribution in [0.3, 0.4) is 0 Å². The summed E-state index contributed by atoms with van der Waals surface area (Å²) in [6.45, 7) is 1.88. The minimum absolute atomic E-state index is 0.0501. The number of anilines is 1. The number of amidine groups is 1. The third-order valence-electron chi connectivity index (χ3n) is 2.82. The Morgan fingerprint density at radius 3 is 2.61 bits per heavy atom. The van der Waals surface area contributed by atoms with Crippen molar-refractivity contribution in [3.63, 3.8) is 0 Å². The van der Waals surface area contributed by atoms with E-state index in [-0.39, 0.29) is 12.2 Å². The fourth-order valence-electron chi connectivity index (χ4n) is 1.62. The smallest absolute Gasteiger partial charge is 0.416 e. The van der Waals surface area contributed by atoms with Crippen LogP contribution in [0.4, 0.5) is 18.9 Å². The van der Waals surface area contributed by atoms with Gasteiger partial charge in [-0.15, -0.1) is 0 Å². The molecule has 0 aromatic heterocycles. The van der Waals surface area contributed by atoms with Crippen molar-refractivity contribution < 1.29 is 17.9 Å². The van der Waals surface area contributed by atoms with Crippen molar-refractivity contribution in [3.05, 3.63) is 41.4 Å². The number of methoxy groups -OCH3 is 1. The van der Waals surface area contributed by atoms with Gasteiger partial charge in [0.05, 0.1) is 18.9 Å². The Bertz CT molecular complexity index is 584. The molecule has 0 radical (unpaired) electrons. The van der Waals surface area contributed by atoms with E-state index in [1.54, 1.807) is 14.0 Å². The van der Waals surface area contributed by atoms with Crippen LogP contribution in [-0.4, -0.2) is 20.0 Å². The summed E-state index contributed by atoms with van der Waals surface area (Å²) in [6.07, 6.45) is -2.96. The first-order valence-corrected chi connectivity index (χ1v) is 6.66. The number of benzene rings is 1. The van der Waals surface area contributed by atoms with Crippen molar-refractivity contribution in [2.75, 3.05) is 19.9 Å². The Balaban J connectivity index is 2.72. The van der Waals surface area contributed by atoms with Gasteiger partial charge in [0.2, 0.25) is 5.88 Å². The van der Waals surface area contributed by atoms with E-state index < -0.39 is 11.7 Å². The monoisotopic (exact) mass is 331 g/mol. The summed E-state index contributed by atoms with van der Waals surface area (Å²) < 4.78 is 43.3. The summed E-state index contributed by atoms with van der Waals surface area (Å²) in [4.78, 5) is 3.88. The van der Waals surface area contributed by atoms with Gasteiger partial charge in [0.1, 0.15) is 5.84 Å². The van der Waals surface area contributed by atoms with E-state index in [1.807, 2.05) is 0 Å². The quantitative estimate of drug-likeness (QED) is 0.211. The van der Waals surface area contributed by atoms with Crippen molar-refractivity contribution in [2.24, 2.45) is 4.99 Å². The highest BCUT2D eigenvalue weighted by molar-refractivity contribution is 5.78. The van der Waals surface area contributed by atoms with Crippen molar-refractivity contribution >= 4 is 11.5 Å². The van der Waals surface area contributed by atoms with Crippen LogP contribution in [0.25, 0.3) is 0 Å². The van der Waals surface area contributed by atoms with E-state index in [0.29, 0.717) is 17.3 Å². The first-order chi connectivity index (χ1) is 10.8. The number of hydrogen-bond donors (Lipinski definition) is 4. The van der Waals surface area contributed by atoms with Gasteiger partial charge >= 0.3 is 6.18 Å². The third kappa shape index (κ3) is 6.37. The number of hydrazine groups is 1. The fraction of sp³-hybridized carbons (Fsp3) is 0.357. The fourth-order valence-corrected chi connectivity index (χ4v) is 1.62. The third-order valence-corrected chi connectivity index (χ3v) is 2.82. The van der Waals surface area contributed by atoms with Crippen LogP contribution >= 0.6 is 0 Å². The highest BCUT2D eigenvalue weighted by atomic mass is 19.4. The van der Waals surface area contributed by atoms with Gasteiger partial charge in [-0.2, -0.15) is 13.2 Å². The molecule has 0 unspecified atom stereocenters. The number of ether oxygens (including phenoxy) is 1. The number of nitrogens with two attached hydrogens (primary N) is 1. The number of halogens is 3. The van der Waals surface area contributed by atoms with Crippen LogP contribution in [0.15, 0.2) is 35.3 Å². The maximum atomic E-state index is 12.7. The molecule has 0 aliphatic carbocycles. The molecule has 0 fully saturated rings. The van der Waals surface area contributed by atoms with Gasteiger partial charge in [-0.25, -0.2) is 0 Å². The first kappa shape index (κ1) is 18.5. The Hall–Kier alpha value is -2.58. The second-order valence-corrected chi connectivity index (χ2v) is 4.61. The standard InChI is InChI=1S/C14H20F3N5O/c1-9(19-2)22-21-8-13(23-3)20-7-10-4-11(14(15,16)17)6-12(18)5-10/h4-6,8,20-21H,7,18H2,1-3H3,(H,19,22)/b13-8+. The predicted molar refractivity (Wildman–Crippen MR) is 83.1 cm³/mol. The lowest BCUT2D eigenvalue weighted by molar-refractivity contribution is -0.137. The number of hydrogen-bond acceptors (Lipinski definition) is 5. The van der Waals surface area contributed by atoms with Crippen molar-refractivity contribution in [1.29, 1.82) is 0 Å². The van der Waals surface area contributed by atoms with E-state index in [4.69, 9.17) is 10.5 Å². The van der Waals surface area contributed by atoms with Crippen molar-refractivity contribution in [1.82, 2.24) is 16.2 Å². The summed E-state index contributed by atoms with van der Waals surface area (Å²) in [5.74, 6) is 0.986. The highest BCUT2D eigenvalue weighted by Gasteiger charge is 2.30. The molecule has 1 aromatic carbocycles. The molecule has 0 saturated heterocycles. The summed E-state index contributed by atoms with van der Waals surface area (Å²) in [7, 11) is 3.06. The molecule has 1 aromatic rings. The van der Waals surface area contributed by atoms with Gasteiger partial charge in [0.15, 0.2) is 0 Å². The maximum Gasteiger partial charge on any atom is 0.416 e. The van der Waals surface area contributed by atoms with Gasteiger partial charge in [0.25, 0.3) is 0 Å². The van der Waals surface area contributed by atoms with Crippen molar-refractivity contribution in [2.45, 2.75) is 19.6 Å². The number of alkyl halides is 3. The zero-order valence-electron chi connectivity index (χ0n) is 13.1. The highest BCUT2D eigenvalue weighted by Crippen LogP contribution is 2.31. The molecule has 0 aliphatic heterocycles. The molecule has 0 spiro atoms. The van der Waals surface area contributed by atoms with E-state index in [2.05, 4.69) is 21.2 Å². The van der Waals surface area contributed by atoms with Crippen LogP contribution in [-0.2, 0) is 17.5 Å². The molecule has 0 bridgehead atoms. The molecule has 9 heteroatoms. The van der Waals surface area contributed by atoms with Crippen LogP contribution < -0.4 is 21.9 Å². The lowest BCUT2D eigenvalue weighted by Gasteiger charge is -2.13. The zero-order valence-corrected chi connectivity index (χ0v) is 13.1. The lowest BCUT2D eigenvalue weighted by atomic mass is 10.1. The topological polar surface area (TPSA) is 83.7 Å². The number of nitrogens with one attached hydrogen (secondary N) is 3. The number of nitrogens with zero attached hydrogens (tertiary/aromatic N) is 1. The normalized spacial score (nSPS) is 12.8. The largest absolute Gasteiger partial charge is 0.481 e. The van der Waals surface area contributed by atoms with Crippen LogP contribution in [0, 0.1) is 0 Å². The number of aliphatic imine (C=N–C) groups is 1. The van der Waals surface area contributed by atoms with Gasteiger partial charge < -0.3 is 21.2 Å². The minimum Gasteiger partial charge on any atom is -0.481 e. The van der Waals surface area contributed by atoms with Crippen LogP contribution in [0.2, 0.25) is 0 Å². The summed E-state index contributed by atoms with van der Waals surface area (Å²) in [5, 5.41) is 2.86. The van der Waals surface area contributed by atoms with E-state index in [1.165, 1.54) is 19.4 Å². The second-order valence-electron chi connectivity index (χ2n) is 4.61. The van der Waals surface area contributed by atoms with Crippen molar-refractivity contribution in [3.8, 4) is 0 Å². The average molecular weight is 331 g/mol. The van der Waals surface area contributed by atoms with Crippen LogP contribution in [0.5, 0.6) is 0 Å². The molecule has 0 aliphatic rings. The summed E-state index contributed by atoms with van der Waals surface area (Å²) >= 11 is 0. The summed E-state index contributed by atoms with van der Waals surface area (Å²) in [5.41, 5.74) is 10.7. The molecule has 0 heterocycles. The lowest BCUT2D eigenvalue weighted by Crippen LogP contribution is -2.33. The predicted octanol–water partition coefficient (Wildman–Crippen LogP) is 1.96. The maximum absolute atomic E-state index is 12.7. The minimum atomic E-state index is -4.44. The Kier molecular flexibility index (Phi) is 6.55. The van der Waals surface area contributed by atoms with Gasteiger partial charge in [-0.3, -0.25) is 10.4 Å². The van der Waals surface area contributed by atoms with E-state index >= 15 is 0 Å². The van der Waals surface area contributed by atoms with Gasteiger partial charge in [0, 0.05) is 19.3 Å². The zero-order chi connectivity index (χ0) is 17.5. The van der Waals surface area contributed by atoms with E-state index in [0.717, 1.165) is 12.1 Å². The Labute approximate surface area is 132 Å². The Morgan fingerprint density at radius 1 is 1.35 bits per heavy atom.